The summed E-state index contributed by atoms with van der Waals surface area (Å²) in [5, 5.41) is 0. The first-order chi connectivity index (χ1) is 5.29. The summed E-state index contributed by atoms with van der Waals surface area (Å²) in [6, 6.07) is 4.34. The van der Waals surface area contributed by atoms with Gasteiger partial charge in [-0.25, -0.2) is 0 Å². The van der Waals surface area contributed by atoms with Crippen molar-refractivity contribution in [3.63, 3.8) is 0 Å². The van der Waals surface area contributed by atoms with Gasteiger partial charge in [-0.3, -0.25) is 4.99 Å². The number of fused-ring (bicyclic) bond motifs is 1. The lowest BCUT2D eigenvalue weighted by Gasteiger charge is -2.04. The fraction of sp³-hybridized carbons (Fsp3) is 0.300. The summed E-state index contributed by atoms with van der Waals surface area (Å²) in [5.74, 6) is 0. The van der Waals surface area contributed by atoms with Crippen molar-refractivity contribution < 1.29 is 0 Å². The first-order valence-corrected chi connectivity index (χ1v) is 3.88. The molecule has 1 aromatic carbocycles. The highest BCUT2D eigenvalue weighted by molar-refractivity contribution is 5.86. The first-order valence-electron chi connectivity index (χ1n) is 3.88. The highest BCUT2D eigenvalue weighted by Gasteiger charge is 2.08. The number of benzene rings is 1. The van der Waals surface area contributed by atoms with Crippen LogP contribution in [-0.4, -0.2) is 6.21 Å². The second kappa shape index (κ2) is 2.19. The van der Waals surface area contributed by atoms with E-state index in [4.69, 9.17) is 0 Å². The van der Waals surface area contributed by atoms with E-state index >= 15 is 0 Å². The highest BCUT2D eigenvalue weighted by Crippen LogP contribution is 2.20. The summed E-state index contributed by atoms with van der Waals surface area (Å²) < 4.78 is 0. The lowest BCUT2D eigenvalue weighted by atomic mass is 10.0. The molecule has 0 spiro atoms. The zero-order chi connectivity index (χ0) is 7.84. The standard InChI is InChI=1S/C10H11N/c1-7-3-4-9-5-11-6-10(9)8(7)2/h3-4,6H,5H2,1-2H3. The number of aliphatic imine (C=N–C) groups is 1. The molecule has 0 aromatic heterocycles. The Morgan fingerprint density at radius 2 is 2.09 bits per heavy atom. The Morgan fingerprint density at radius 1 is 1.27 bits per heavy atom. The topological polar surface area (TPSA) is 12.4 Å². The van der Waals surface area contributed by atoms with Crippen molar-refractivity contribution in [3.8, 4) is 0 Å². The fourth-order valence-corrected chi connectivity index (χ4v) is 1.45. The van der Waals surface area contributed by atoms with Crippen LogP contribution in [0.2, 0.25) is 0 Å². The molecule has 1 heteroatoms. The minimum Gasteiger partial charge on any atom is -0.288 e. The van der Waals surface area contributed by atoms with Crippen molar-refractivity contribution in [2.75, 3.05) is 0 Å². The molecule has 11 heavy (non-hydrogen) atoms. The van der Waals surface area contributed by atoms with Gasteiger partial charge in [0.15, 0.2) is 0 Å². The molecule has 0 bridgehead atoms. The van der Waals surface area contributed by atoms with E-state index in [2.05, 4.69) is 31.0 Å². The van der Waals surface area contributed by atoms with Crippen molar-refractivity contribution in [2.24, 2.45) is 4.99 Å². The SMILES string of the molecule is Cc1ccc2c(c1C)C=NC2. The summed E-state index contributed by atoms with van der Waals surface area (Å²) in [6.07, 6.45) is 1.98. The van der Waals surface area contributed by atoms with Gasteiger partial charge in [-0.15, -0.1) is 0 Å². The van der Waals surface area contributed by atoms with Gasteiger partial charge in [0.2, 0.25) is 0 Å². The van der Waals surface area contributed by atoms with Crippen LogP contribution in [0.15, 0.2) is 17.1 Å². The molecule has 1 aromatic rings. The maximum absolute atomic E-state index is 4.23. The van der Waals surface area contributed by atoms with Crippen LogP contribution in [0, 0.1) is 13.8 Å². The van der Waals surface area contributed by atoms with Gasteiger partial charge in [0.05, 0.1) is 6.54 Å². The van der Waals surface area contributed by atoms with Gasteiger partial charge in [-0.2, -0.15) is 0 Å². The molecular weight excluding hydrogens is 134 g/mol. The van der Waals surface area contributed by atoms with E-state index in [0.717, 1.165) is 6.54 Å². The van der Waals surface area contributed by atoms with Gasteiger partial charge in [0.1, 0.15) is 0 Å². The number of aryl methyl sites for hydroxylation is 1. The van der Waals surface area contributed by atoms with Gasteiger partial charge in [-0.05, 0) is 30.5 Å². The minimum absolute atomic E-state index is 0.871. The summed E-state index contributed by atoms with van der Waals surface area (Å²) >= 11 is 0. The smallest absolute Gasteiger partial charge is 0.0646 e. The van der Waals surface area contributed by atoms with Crippen molar-refractivity contribution in [2.45, 2.75) is 20.4 Å². The van der Waals surface area contributed by atoms with Crippen LogP contribution >= 0.6 is 0 Å². The molecule has 1 nitrogen and oxygen atoms in total. The van der Waals surface area contributed by atoms with Crippen LogP contribution in [0.4, 0.5) is 0 Å². The normalized spacial score (nSPS) is 13.6. The van der Waals surface area contributed by atoms with E-state index < -0.39 is 0 Å². The Morgan fingerprint density at radius 3 is 2.91 bits per heavy atom. The number of hydrogen-bond acceptors (Lipinski definition) is 1. The number of hydrogen-bond donors (Lipinski definition) is 0. The molecule has 0 unspecified atom stereocenters. The first kappa shape index (κ1) is 6.59. The molecule has 1 heterocycles. The Kier molecular flexibility index (Phi) is 1.31. The van der Waals surface area contributed by atoms with Crippen LogP contribution in [0.25, 0.3) is 0 Å². The van der Waals surface area contributed by atoms with Crippen LogP contribution in [-0.2, 0) is 6.54 Å². The monoisotopic (exact) mass is 145 g/mol. The largest absolute Gasteiger partial charge is 0.288 e. The molecule has 1 aliphatic rings. The van der Waals surface area contributed by atoms with E-state index in [9.17, 15) is 0 Å². The van der Waals surface area contributed by atoms with Crippen LogP contribution < -0.4 is 0 Å². The van der Waals surface area contributed by atoms with E-state index in [0.29, 0.717) is 0 Å². The van der Waals surface area contributed by atoms with E-state index in [1.807, 2.05) is 6.21 Å². The van der Waals surface area contributed by atoms with E-state index in [1.165, 1.54) is 22.3 Å². The fourth-order valence-electron chi connectivity index (χ4n) is 1.45. The highest BCUT2D eigenvalue weighted by atomic mass is 14.7. The Balaban J connectivity index is 2.70. The third-order valence-electron chi connectivity index (χ3n) is 2.36. The Labute approximate surface area is 66.8 Å². The lowest BCUT2D eigenvalue weighted by Crippen LogP contribution is -1.91. The van der Waals surface area contributed by atoms with Gasteiger partial charge in [-0.1, -0.05) is 12.1 Å². The Hall–Kier alpha value is -1.11. The third kappa shape index (κ3) is 0.881. The molecule has 0 saturated carbocycles. The number of rotatable bonds is 0. The summed E-state index contributed by atoms with van der Waals surface area (Å²) in [7, 11) is 0. The average molecular weight is 145 g/mol. The van der Waals surface area contributed by atoms with Gasteiger partial charge < -0.3 is 0 Å². The summed E-state index contributed by atoms with van der Waals surface area (Å²) in [6.45, 7) is 5.17. The van der Waals surface area contributed by atoms with Crippen LogP contribution in [0.1, 0.15) is 22.3 Å². The zero-order valence-corrected chi connectivity index (χ0v) is 6.89. The molecule has 0 atom stereocenters. The van der Waals surface area contributed by atoms with Crippen molar-refractivity contribution in [1.29, 1.82) is 0 Å². The van der Waals surface area contributed by atoms with Gasteiger partial charge in [0, 0.05) is 11.8 Å². The van der Waals surface area contributed by atoms with Gasteiger partial charge >= 0.3 is 0 Å². The Bertz CT molecular complexity index is 324. The number of nitrogens with zero attached hydrogens (tertiary/aromatic N) is 1. The van der Waals surface area contributed by atoms with Crippen molar-refractivity contribution in [1.82, 2.24) is 0 Å². The molecule has 0 saturated heterocycles. The van der Waals surface area contributed by atoms with Gasteiger partial charge in [0.25, 0.3) is 0 Å². The van der Waals surface area contributed by atoms with Crippen LogP contribution in [0.3, 0.4) is 0 Å². The lowest BCUT2D eigenvalue weighted by molar-refractivity contribution is 1.10. The van der Waals surface area contributed by atoms with Crippen LogP contribution in [0.5, 0.6) is 0 Å². The molecule has 1 aliphatic heterocycles. The maximum Gasteiger partial charge on any atom is 0.0646 e. The predicted octanol–water partition coefficient (Wildman–Crippen LogP) is 2.24. The molecule has 0 amide bonds. The average Bonchev–Trinajstić information content (AvgIpc) is 2.45. The molecule has 0 radical (unpaired) electrons. The second-order valence-electron chi connectivity index (χ2n) is 3.05. The summed E-state index contributed by atoms with van der Waals surface area (Å²) in [4.78, 5) is 4.23. The second-order valence-corrected chi connectivity index (χ2v) is 3.05. The van der Waals surface area contributed by atoms with E-state index in [-0.39, 0.29) is 0 Å². The quantitative estimate of drug-likeness (QED) is 0.531. The molecular formula is C10H11N. The van der Waals surface area contributed by atoms with Crippen molar-refractivity contribution >= 4 is 6.21 Å². The summed E-state index contributed by atoms with van der Waals surface area (Å²) in [5.41, 5.74) is 5.44. The van der Waals surface area contributed by atoms with E-state index in [1.54, 1.807) is 0 Å². The maximum atomic E-state index is 4.23. The molecule has 0 fully saturated rings. The molecule has 2 rings (SSSR count). The molecule has 0 N–H and O–H groups in total. The zero-order valence-electron chi connectivity index (χ0n) is 6.89. The minimum atomic E-state index is 0.871. The molecule has 56 valence electrons. The predicted molar refractivity (Wildman–Crippen MR) is 47.2 cm³/mol. The third-order valence-corrected chi connectivity index (χ3v) is 2.36. The molecule has 0 aliphatic carbocycles. The van der Waals surface area contributed by atoms with Crippen molar-refractivity contribution in [3.05, 3.63) is 34.4 Å².